The molecule has 0 saturated carbocycles. The highest BCUT2D eigenvalue weighted by Crippen LogP contribution is 2.23. The summed E-state index contributed by atoms with van der Waals surface area (Å²) in [6.07, 6.45) is 0. The van der Waals surface area contributed by atoms with E-state index in [0.29, 0.717) is 15.8 Å². The third kappa shape index (κ3) is 3.00. The van der Waals surface area contributed by atoms with Gasteiger partial charge in [-0.1, -0.05) is 23.8 Å². The van der Waals surface area contributed by atoms with Crippen LogP contribution in [-0.4, -0.2) is 15.2 Å². The van der Waals surface area contributed by atoms with E-state index in [-0.39, 0.29) is 0 Å². The Bertz CT molecular complexity index is 625. The number of thiocarbonyl (C=S) groups is 1. The lowest BCUT2D eigenvalue weighted by molar-refractivity contribution is 0.963. The van der Waals surface area contributed by atoms with E-state index in [4.69, 9.17) is 29.6 Å². The minimum absolute atomic E-state index is 0.298. The molecule has 0 bridgehead atoms. The summed E-state index contributed by atoms with van der Waals surface area (Å²) in [6.45, 7) is 3.79. The van der Waals surface area contributed by atoms with Crippen LogP contribution in [0.5, 0.6) is 0 Å². The molecule has 19 heavy (non-hydrogen) atoms. The Morgan fingerprint density at radius 2 is 1.84 bits per heavy atom. The molecule has 98 valence electrons. The van der Waals surface area contributed by atoms with Crippen molar-refractivity contribution in [2.45, 2.75) is 13.8 Å². The van der Waals surface area contributed by atoms with E-state index >= 15 is 0 Å². The molecule has 0 fully saturated rings. The van der Waals surface area contributed by atoms with Gasteiger partial charge in [0.1, 0.15) is 4.99 Å². The number of nitrogens with zero attached hydrogens (tertiary/aromatic N) is 2. The van der Waals surface area contributed by atoms with Gasteiger partial charge in [-0.15, -0.1) is 5.10 Å². The van der Waals surface area contributed by atoms with E-state index in [1.165, 1.54) is 0 Å². The van der Waals surface area contributed by atoms with Crippen molar-refractivity contribution in [2.24, 2.45) is 5.73 Å². The maximum atomic E-state index is 5.85. The number of anilines is 2. The lowest BCUT2D eigenvalue weighted by atomic mass is 10.1. The first-order chi connectivity index (χ1) is 8.99. The summed E-state index contributed by atoms with van der Waals surface area (Å²) in [4.78, 5) is 0.298. The van der Waals surface area contributed by atoms with Gasteiger partial charge in [0.2, 0.25) is 0 Å². The van der Waals surface area contributed by atoms with E-state index in [2.05, 4.69) is 15.5 Å². The van der Waals surface area contributed by atoms with Crippen molar-refractivity contribution in [1.82, 2.24) is 10.2 Å². The number of nitrogens with two attached hydrogens (primary N) is 1. The molecule has 4 nitrogen and oxygen atoms in total. The molecule has 6 heteroatoms. The maximum absolute atomic E-state index is 5.85. The Hall–Kier alpha value is -1.72. The quantitative estimate of drug-likeness (QED) is 0.851. The molecular formula is C13H13ClN4S. The van der Waals surface area contributed by atoms with E-state index in [1.807, 2.05) is 26.0 Å². The molecular weight excluding hydrogens is 280 g/mol. The van der Waals surface area contributed by atoms with Crippen molar-refractivity contribution in [3.63, 3.8) is 0 Å². The second-order valence-electron chi connectivity index (χ2n) is 4.13. The van der Waals surface area contributed by atoms with Crippen LogP contribution in [-0.2, 0) is 0 Å². The number of aromatic nitrogens is 2. The van der Waals surface area contributed by atoms with Gasteiger partial charge in [-0.05, 0) is 43.7 Å². The summed E-state index contributed by atoms with van der Waals surface area (Å²) < 4.78 is 0. The third-order valence-electron chi connectivity index (χ3n) is 2.81. The predicted octanol–water partition coefficient (Wildman–Crippen LogP) is 3.12. The summed E-state index contributed by atoms with van der Waals surface area (Å²) in [5.74, 6) is 0.554. The second-order valence-corrected chi connectivity index (χ2v) is 5.01. The molecule has 0 amide bonds. The fourth-order valence-corrected chi connectivity index (χ4v) is 2.04. The van der Waals surface area contributed by atoms with Crippen molar-refractivity contribution in [3.8, 4) is 0 Å². The highest BCUT2D eigenvalue weighted by Gasteiger charge is 2.13. The highest BCUT2D eigenvalue weighted by atomic mass is 35.5. The zero-order valence-electron chi connectivity index (χ0n) is 10.6. The fourth-order valence-electron chi connectivity index (χ4n) is 1.67. The van der Waals surface area contributed by atoms with Gasteiger partial charge in [0.25, 0.3) is 0 Å². The Morgan fingerprint density at radius 1 is 1.21 bits per heavy atom. The summed E-state index contributed by atoms with van der Waals surface area (Å²) in [5, 5.41) is 12.0. The summed E-state index contributed by atoms with van der Waals surface area (Å²) in [6, 6.07) is 7.28. The van der Waals surface area contributed by atoms with Crippen LogP contribution in [0.4, 0.5) is 11.5 Å². The van der Waals surface area contributed by atoms with Crippen LogP contribution in [0.2, 0.25) is 5.02 Å². The second kappa shape index (κ2) is 5.50. The summed E-state index contributed by atoms with van der Waals surface area (Å²) >= 11 is 10.9. The zero-order chi connectivity index (χ0) is 14.0. The largest absolute Gasteiger partial charge is 0.389 e. The molecule has 0 unspecified atom stereocenters. The number of halogens is 1. The average Bonchev–Trinajstić information content (AvgIpc) is 2.36. The van der Waals surface area contributed by atoms with E-state index in [9.17, 15) is 0 Å². The standard InChI is InChI=1S/C13H13ClN4S/c1-7-8(2)17-18-13(11(7)12(15)19)16-10-5-3-9(14)4-6-10/h3-6H,1-2H3,(H2,15,19)(H,16,18). The van der Waals surface area contributed by atoms with Crippen molar-refractivity contribution >= 4 is 40.3 Å². The minimum atomic E-state index is 0.298. The Labute approximate surface area is 122 Å². The van der Waals surface area contributed by atoms with Crippen LogP contribution in [0, 0.1) is 13.8 Å². The Kier molecular flexibility index (Phi) is 3.97. The highest BCUT2D eigenvalue weighted by molar-refractivity contribution is 7.80. The van der Waals surface area contributed by atoms with E-state index in [0.717, 1.165) is 22.5 Å². The van der Waals surface area contributed by atoms with Crippen LogP contribution < -0.4 is 11.1 Å². The molecule has 0 atom stereocenters. The number of hydrogen-bond donors (Lipinski definition) is 2. The molecule has 1 heterocycles. The molecule has 0 aliphatic heterocycles. The van der Waals surface area contributed by atoms with Crippen LogP contribution in [0.25, 0.3) is 0 Å². The predicted molar refractivity (Wildman–Crippen MR) is 82.1 cm³/mol. The van der Waals surface area contributed by atoms with Gasteiger partial charge in [-0.2, -0.15) is 5.10 Å². The first kappa shape index (κ1) is 13.7. The molecule has 1 aromatic carbocycles. The van der Waals surface area contributed by atoms with Crippen LogP contribution in [0.1, 0.15) is 16.8 Å². The lowest BCUT2D eigenvalue weighted by Crippen LogP contribution is -2.16. The third-order valence-corrected chi connectivity index (χ3v) is 3.26. The van der Waals surface area contributed by atoms with Crippen LogP contribution >= 0.6 is 23.8 Å². The number of benzene rings is 1. The van der Waals surface area contributed by atoms with Crippen molar-refractivity contribution in [1.29, 1.82) is 0 Å². The number of nitrogens with one attached hydrogen (secondary N) is 1. The van der Waals surface area contributed by atoms with Gasteiger partial charge >= 0.3 is 0 Å². The van der Waals surface area contributed by atoms with Crippen molar-refractivity contribution in [3.05, 3.63) is 46.1 Å². The first-order valence-corrected chi connectivity index (χ1v) is 6.44. The number of rotatable bonds is 3. The van der Waals surface area contributed by atoms with Crippen molar-refractivity contribution < 1.29 is 0 Å². The average molecular weight is 293 g/mol. The van der Waals surface area contributed by atoms with Gasteiger partial charge in [0.05, 0.1) is 11.3 Å². The number of aryl methyl sites for hydroxylation is 1. The van der Waals surface area contributed by atoms with E-state index < -0.39 is 0 Å². The Morgan fingerprint density at radius 3 is 2.42 bits per heavy atom. The molecule has 0 spiro atoms. The number of hydrogen-bond acceptors (Lipinski definition) is 4. The molecule has 0 saturated heterocycles. The lowest BCUT2D eigenvalue weighted by Gasteiger charge is -2.13. The van der Waals surface area contributed by atoms with Gasteiger partial charge in [0, 0.05) is 10.7 Å². The van der Waals surface area contributed by atoms with Gasteiger partial charge in [-0.3, -0.25) is 0 Å². The Balaban J connectivity index is 2.42. The maximum Gasteiger partial charge on any atom is 0.163 e. The SMILES string of the molecule is Cc1nnc(Nc2ccc(Cl)cc2)c(C(N)=S)c1C. The molecule has 3 N–H and O–H groups in total. The molecule has 2 aromatic rings. The van der Waals surface area contributed by atoms with Gasteiger partial charge in [-0.25, -0.2) is 0 Å². The van der Waals surface area contributed by atoms with Gasteiger partial charge < -0.3 is 11.1 Å². The topological polar surface area (TPSA) is 63.8 Å². The smallest absolute Gasteiger partial charge is 0.163 e. The summed E-state index contributed by atoms with van der Waals surface area (Å²) in [5.41, 5.74) is 9.07. The summed E-state index contributed by atoms with van der Waals surface area (Å²) in [7, 11) is 0. The van der Waals surface area contributed by atoms with Crippen LogP contribution in [0.3, 0.4) is 0 Å². The molecule has 0 radical (unpaired) electrons. The monoisotopic (exact) mass is 292 g/mol. The van der Waals surface area contributed by atoms with Crippen LogP contribution in [0.15, 0.2) is 24.3 Å². The first-order valence-electron chi connectivity index (χ1n) is 5.65. The molecule has 1 aromatic heterocycles. The zero-order valence-corrected chi connectivity index (χ0v) is 12.1. The van der Waals surface area contributed by atoms with Gasteiger partial charge in [0.15, 0.2) is 5.82 Å². The molecule has 0 aliphatic rings. The minimum Gasteiger partial charge on any atom is -0.389 e. The van der Waals surface area contributed by atoms with Crippen molar-refractivity contribution in [2.75, 3.05) is 5.32 Å². The van der Waals surface area contributed by atoms with E-state index in [1.54, 1.807) is 12.1 Å². The molecule has 2 rings (SSSR count). The fraction of sp³-hybridized carbons (Fsp3) is 0.154. The molecule has 0 aliphatic carbocycles. The normalized spacial score (nSPS) is 10.3.